The number of benzene rings is 2. The highest BCUT2D eigenvalue weighted by Crippen LogP contribution is 2.19. The summed E-state index contributed by atoms with van der Waals surface area (Å²) in [5.41, 5.74) is 8.68. The van der Waals surface area contributed by atoms with Gasteiger partial charge >= 0.3 is 5.97 Å². The van der Waals surface area contributed by atoms with Crippen LogP contribution >= 0.6 is 0 Å². The number of hydrogen-bond donors (Lipinski definition) is 5. The molecule has 1 aromatic heterocycles. The van der Waals surface area contributed by atoms with Crippen molar-refractivity contribution >= 4 is 28.7 Å². The molecule has 0 unspecified atom stereocenters. The van der Waals surface area contributed by atoms with E-state index in [9.17, 15) is 19.5 Å². The monoisotopic (exact) mass is 464 g/mol. The van der Waals surface area contributed by atoms with E-state index in [1.165, 1.54) is 0 Å². The fourth-order valence-electron chi connectivity index (χ4n) is 3.94. The van der Waals surface area contributed by atoms with Crippen molar-refractivity contribution < 1.29 is 19.5 Å². The van der Waals surface area contributed by atoms with Crippen molar-refractivity contribution in [2.24, 2.45) is 11.7 Å². The average molecular weight is 465 g/mol. The van der Waals surface area contributed by atoms with Crippen LogP contribution in [0.5, 0.6) is 0 Å². The number of carboxylic acids is 1. The van der Waals surface area contributed by atoms with Gasteiger partial charge in [-0.1, -0.05) is 62.4 Å². The smallest absolute Gasteiger partial charge is 0.326 e. The van der Waals surface area contributed by atoms with Crippen molar-refractivity contribution in [3.8, 4) is 0 Å². The topological polar surface area (TPSA) is 137 Å². The predicted molar refractivity (Wildman–Crippen MR) is 131 cm³/mol. The van der Waals surface area contributed by atoms with Crippen LogP contribution in [-0.4, -0.2) is 46.0 Å². The number of hydrogen-bond acceptors (Lipinski definition) is 4. The standard InChI is InChI=1S/C26H32N4O4/c1-16(2)12-22(29-24(31)20(27)13-17-8-4-3-5-9-17)25(32)30-23(26(33)34)14-18-15-28-21-11-7-6-10-19(18)21/h3-11,15-16,20,22-23,28H,12-14,27H2,1-2H3,(H,29,31)(H,30,32)(H,33,34)/t20-,22+,23-/m0/s1. The fourth-order valence-corrected chi connectivity index (χ4v) is 3.94. The third kappa shape index (κ3) is 6.68. The molecular formula is C26H32N4O4. The van der Waals surface area contributed by atoms with Gasteiger partial charge in [-0.3, -0.25) is 9.59 Å². The van der Waals surface area contributed by atoms with Crippen molar-refractivity contribution in [3.05, 3.63) is 71.9 Å². The minimum Gasteiger partial charge on any atom is -0.480 e. The Labute approximate surface area is 198 Å². The van der Waals surface area contributed by atoms with Crippen molar-refractivity contribution in [1.29, 1.82) is 0 Å². The van der Waals surface area contributed by atoms with E-state index in [1.54, 1.807) is 6.20 Å². The second-order valence-electron chi connectivity index (χ2n) is 8.95. The Bertz CT molecular complexity index is 1130. The van der Waals surface area contributed by atoms with E-state index in [2.05, 4.69) is 15.6 Å². The maximum atomic E-state index is 13.1. The molecule has 34 heavy (non-hydrogen) atoms. The minimum atomic E-state index is -1.14. The van der Waals surface area contributed by atoms with Crippen LogP contribution in [0, 0.1) is 5.92 Å². The summed E-state index contributed by atoms with van der Waals surface area (Å²) in [5, 5.41) is 16.0. The van der Waals surface area contributed by atoms with E-state index in [4.69, 9.17) is 5.73 Å². The number of carbonyl (C=O) groups is 3. The van der Waals surface area contributed by atoms with E-state index in [0.717, 1.165) is 22.0 Å². The summed E-state index contributed by atoms with van der Waals surface area (Å²) in [6, 6.07) is 14.1. The van der Waals surface area contributed by atoms with Gasteiger partial charge in [0.2, 0.25) is 11.8 Å². The second kappa shape index (κ2) is 11.5. The molecule has 0 bridgehead atoms. The lowest BCUT2D eigenvalue weighted by Gasteiger charge is -2.24. The number of para-hydroxylation sites is 1. The molecule has 0 saturated carbocycles. The molecule has 180 valence electrons. The molecule has 2 amide bonds. The maximum Gasteiger partial charge on any atom is 0.326 e. The second-order valence-corrected chi connectivity index (χ2v) is 8.95. The van der Waals surface area contributed by atoms with Crippen LogP contribution in [0.25, 0.3) is 10.9 Å². The number of amides is 2. The van der Waals surface area contributed by atoms with E-state index in [-0.39, 0.29) is 12.3 Å². The minimum absolute atomic E-state index is 0.0956. The molecule has 3 aromatic rings. The molecule has 0 saturated heterocycles. The normalized spacial score (nSPS) is 13.9. The highest BCUT2D eigenvalue weighted by Gasteiger charge is 2.29. The Hall–Kier alpha value is -3.65. The third-order valence-corrected chi connectivity index (χ3v) is 5.69. The van der Waals surface area contributed by atoms with E-state index in [1.807, 2.05) is 68.4 Å². The van der Waals surface area contributed by atoms with Crippen molar-refractivity contribution in [2.75, 3.05) is 0 Å². The van der Waals surface area contributed by atoms with Gasteiger partial charge in [-0.2, -0.15) is 0 Å². The summed E-state index contributed by atoms with van der Waals surface area (Å²) in [7, 11) is 0. The molecule has 0 radical (unpaired) electrons. The molecule has 0 aliphatic carbocycles. The lowest BCUT2D eigenvalue weighted by Crippen LogP contribution is -2.55. The van der Waals surface area contributed by atoms with Crippen LogP contribution in [-0.2, 0) is 27.2 Å². The van der Waals surface area contributed by atoms with Crippen molar-refractivity contribution in [1.82, 2.24) is 15.6 Å². The van der Waals surface area contributed by atoms with Gasteiger partial charge in [-0.05, 0) is 36.0 Å². The first-order valence-corrected chi connectivity index (χ1v) is 11.4. The lowest BCUT2D eigenvalue weighted by molar-refractivity contribution is -0.142. The van der Waals surface area contributed by atoms with Gasteiger partial charge in [0.05, 0.1) is 6.04 Å². The van der Waals surface area contributed by atoms with Crippen LogP contribution in [0.3, 0.4) is 0 Å². The quantitative estimate of drug-likeness (QED) is 0.297. The molecular weight excluding hydrogens is 432 g/mol. The molecule has 3 atom stereocenters. The highest BCUT2D eigenvalue weighted by atomic mass is 16.4. The van der Waals surface area contributed by atoms with Crippen LogP contribution in [0.2, 0.25) is 0 Å². The number of aromatic nitrogens is 1. The maximum absolute atomic E-state index is 13.1. The highest BCUT2D eigenvalue weighted by molar-refractivity contribution is 5.92. The number of nitrogens with two attached hydrogens (primary N) is 1. The Kier molecular flexibility index (Phi) is 8.43. The Morgan fingerprint density at radius 3 is 2.24 bits per heavy atom. The van der Waals surface area contributed by atoms with E-state index >= 15 is 0 Å². The van der Waals surface area contributed by atoms with E-state index in [0.29, 0.717) is 12.8 Å². The summed E-state index contributed by atoms with van der Waals surface area (Å²) in [4.78, 5) is 40.9. The van der Waals surface area contributed by atoms with E-state index < -0.39 is 35.9 Å². The van der Waals surface area contributed by atoms with Crippen LogP contribution < -0.4 is 16.4 Å². The molecule has 8 heteroatoms. The van der Waals surface area contributed by atoms with Crippen molar-refractivity contribution in [3.63, 3.8) is 0 Å². The summed E-state index contributed by atoms with van der Waals surface area (Å²) in [6.07, 6.45) is 2.56. The number of carbonyl (C=O) groups excluding carboxylic acids is 2. The van der Waals surface area contributed by atoms with Crippen LogP contribution in [0.4, 0.5) is 0 Å². The number of rotatable bonds is 11. The van der Waals surface area contributed by atoms with Gasteiger partial charge in [0, 0.05) is 23.5 Å². The summed E-state index contributed by atoms with van der Waals surface area (Å²) in [5.74, 6) is -2.04. The Morgan fingerprint density at radius 1 is 0.912 bits per heavy atom. The number of H-pyrrole nitrogens is 1. The molecule has 8 nitrogen and oxygen atoms in total. The molecule has 0 spiro atoms. The predicted octanol–water partition coefficient (Wildman–Crippen LogP) is 2.38. The number of carboxylic acid groups (broad SMARTS) is 1. The largest absolute Gasteiger partial charge is 0.480 e. The first kappa shape index (κ1) is 25.0. The first-order chi connectivity index (χ1) is 16.2. The van der Waals surface area contributed by atoms with Gasteiger partial charge in [0.25, 0.3) is 0 Å². The molecule has 2 aromatic carbocycles. The Morgan fingerprint density at radius 2 is 1.56 bits per heavy atom. The number of aliphatic carboxylic acids is 1. The third-order valence-electron chi connectivity index (χ3n) is 5.69. The molecule has 6 N–H and O–H groups in total. The zero-order chi connectivity index (χ0) is 24.7. The fraction of sp³-hybridized carbons (Fsp3) is 0.346. The van der Waals surface area contributed by atoms with Crippen LogP contribution in [0.1, 0.15) is 31.4 Å². The number of aromatic amines is 1. The Balaban J connectivity index is 1.68. The molecule has 0 fully saturated rings. The van der Waals surface area contributed by atoms with Gasteiger partial charge in [0.1, 0.15) is 12.1 Å². The van der Waals surface area contributed by atoms with Gasteiger partial charge in [-0.15, -0.1) is 0 Å². The van der Waals surface area contributed by atoms with Gasteiger partial charge < -0.3 is 26.5 Å². The zero-order valence-corrected chi connectivity index (χ0v) is 19.5. The van der Waals surface area contributed by atoms with Crippen LogP contribution in [0.15, 0.2) is 60.8 Å². The number of nitrogens with one attached hydrogen (secondary N) is 3. The molecule has 3 rings (SSSR count). The SMILES string of the molecule is CC(C)C[C@@H](NC(=O)[C@@H](N)Cc1ccccc1)C(=O)N[C@@H](Cc1c[nH]c2ccccc12)C(=O)O. The molecule has 1 heterocycles. The summed E-state index contributed by atoms with van der Waals surface area (Å²) >= 11 is 0. The first-order valence-electron chi connectivity index (χ1n) is 11.4. The zero-order valence-electron chi connectivity index (χ0n) is 19.5. The van der Waals surface area contributed by atoms with Gasteiger partial charge in [0.15, 0.2) is 0 Å². The van der Waals surface area contributed by atoms with Gasteiger partial charge in [-0.25, -0.2) is 4.79 Å². The molecule has 0 aliphatic rings. The number of fused-ring (bicyclic) bond motifs is 1. The molecule has 0 aliphatic heterocycles. The summed E-state index contributed by atoms with van der Waals surface area (Å²) in [6.45, 7) is 3.86. The van der Waals surface area contributed by atoms with Crippen molar-refractivity contribution in [2.45, 2.75) is 51.2 Å². The lowest BCUT2D eigenvalue weighted by atomic mass is 10.00. The average Bonchev–Trinajstić information content (AvgIpc) is 3.21. The summed E-state index contributed by atoms with van der Waals surface area (Å²) < 4.78 is 0.